The van der Waals surface area contributed by atoms with Gasteiger partial charge in [-0.3, -0.25) is 14.0 Å². The van der Waals surface area contributed by atoms with Crippen molar-refractivity contribution in [3.05, 3.63) is 0 Å². The molecule has 0 atom stereocenters. The molecule has 1 amide bonds. The number of carboxylic acids is 1. The van der Waals surface area contributed by atoms with Gasteiger partial charge in [0, 0.05) is 20.0 Å². The Morgan fingerprint density at radius 1 is 1.40 bits per heavy atom. The van der Waals surface area contributed by atoms with Crippen LogP contribution in [0.5, 0.6) is 0 Å². The summed E-state index contributed by atoms with van der Waals surface area (Å²) in [6.07, 6.45) is 0.756. The predicted octanol–water partition coefficient (Wildman–Crippen LogP) is 1.06. The molecule has 1 aliphatic rings. The van der Waals surface area contributed by atoms with Crippen molar-refractivity contribution in [2.75, 3.05) is 19.8 Å². The van der Waals surface area contributed by atoms with Gasteiger partial charge in [0.25, 0.3) is 0 Å². The number of likely N-dealkylation sites (tertiary alicyclic amines) is 1. The van der Waals surface area contributed by atoms with Crippen molar-refractivity contribution < 1.29 is 19.1 Å². The number of rotatable bonds is 3. The highest BCUT2D eigenvalue weighted by atomic mass is 19.1. The van der Waals surface area contributed by atoms with Crippen LogP contribution in [-0.2, 0) is 9.59 Å². The summed E-state index contributed by atoms with van der Waals surface area (Å²) in [4.78, 5) is 23.7. The van der Waals surface area contributed by atoms with E-state index in [0.717, 1.165) is 0 Å². The maximum atomic E-state index is 12.3. The third-order valence-electron chi connectivity index (χ3n) is 3.19. The molecule has 0 bridgehead atoms. The number of carboxylic acid groups (broad SMARTS) is 1. The lowest BCUT2D eigenvalue weighted by molar-refractivity contribution is -0.154. The molecule has 0 aliphatic carbocycles. The number of alkyl halides is 1. The van der Waals surface area contributed by atoms with Crippen molar-refractivity contribution in [3.63, 3.8) is 0 Å². The number of hydrogen-bond donors (Lipinski definition) is 1. The van der Waals surface area contributed by atoms with E-state index in [4.69, 9.17) is 5.11 Å². The third-order valence-corrected chi connectivity index (χ3v) is 3.19. The Morgan fingerprint density at radius 3 is 2.27 bits per heavy atom. The van der Waals surface area contributed by atoms with E-state index in [1.165, 1.54) is 6.92 Å². The average Bonchev–Trinajstić information content (AvgIpc) is 2.18. The Morgan fingerprint density at radius 2 is 1.93 bits per heavy atom. The fraction of sp³-hybridized carbons (Fsp3) is 0.800. The number of nitrogens with zero attached hydrogens (tertiary/aromatic N) is 1. The molecule has 1 saturated heterocycles. The van der Waals surface area contributed by atoms with E-state index in [1.807, 2.05) is 0 Å². The number of carbonyl (C=O) groups excluding carboxylic acids is 1. The summed E-state index contributed by atoms with van der Waals surface area (Å²) in [5.41, 5.74) is -0.958. The second-order valence-electron chi connectivity index (χ2n) is 4.03. The Kier molecular flexibility index (Phi) is 3.66. The van der Waals surface area contributed by atoms with Crippen molar-refractivity contribution in [1.29, 1.82) is 0 Å². The zero-order valence-electron chi connectivity index (χ0n) is 8.83. The Bertz CT molecular complexity index is 259. The number of piperidine rings is 1. The predicted molar refractivity (Wildman–Crippen MR) is 52.1 cm³/mol. The lowest BCUT2D eigenvalue weighted by atomic mass is 9.76. The number of carbonyl (C=O) groups is 2. The molecule has 0 saturated carbocycles. The zero-order valence-corrected chi connectivity index (χ0v) is 8.83. The fourth-order valence-electron chi connectivity index (χ4n) is 2.00. The van der Waals surface area contributed by atoms with Crippen molar-refractivity contribution >= 4 is 11.9 Å². The van der Waals surface area contributed by atoms with Gasteiger partial charge in [0.15, 0.2) is 0 Å². The van der Waals surface area contributed by atoms with Gasteiger partial charge in [0.05, 0.1) is 12.1 Å². The molecule has 0 spiro atoms. The molecule has 86 valence electrons. The Labute approximate surface area is 88.1 Å². The van der Waals surface area contributed by atoms with Gasteiger partial charge < -0.3 is 10.0 Å². The van der Waals surface area contributed by atoms with E-state index in [0.29, 0.717) is 25.9 Å². The molecule has 5 heteroatoms. The van der Waals surface area contributed by atoms with Crippen molar-refractivity contribution in [3.8, 4) is 0 Å². The van der Waals surface area contributed by atoms with E-state index in [9.17, 15) is 14.0 Å². The maximum absolute atomic E-state index is 12.3. The molecule has 1 heterocycles. The summed E-state index contributed by atoms with van der Waals surface area (Å²) in [5, 5.41) is 9.07. The topological polar surface area (TPSA) is 57.6 Å². The van der Waals surface area contributed by atoms with Gasteiger partial charge in [-0.15, -0.1) is 0 Å². The summed E-state index contributed by atoms with van der Waals surface area (Å²) in [6, 6.07) is 0. The highest BCUT2D eigenvalue weighted by Gasteiger charge is 2.41. The monoisotopic (exact) mass is 217 g/mol. The molecule has 15 heavy (non-hydrogen) atoms. The first-order chi connectivity index (χ1) is 7.02. The lowest BCUT2D eigenvalue weighted by Gasteiger charge is -2.38. The van der Waals surface area contributed by atoms with Gasteiger partial charge in [-0.2, -0.15) is 0 Å². The summed E-state index contributed by atoms with van der Waals surface area (Å²) in [7, 11) is 0. The Balaban J connectivity index is 2.65. The van der Waals surface area contributed by atoms with E-state index < -0.39 is 18.1 Å². The van der Waals surface area contributed by atoms with Crippen LogP contribution in [0.25, 0.3) is 0 Å². The molecule has 1 aliphatic heterocycles. The van der Waals surface area contributed by atoms with Gasteiger partial charge in [-0.05, 0) is 19.3 Å². The van der Waals surface area contributed by atoms with Gasteiger partial charge in [-0.1, -0.05) is 0 Å². The number of aliphatic carboxylic acids is 1. The van der Waals surface area contributed by atoms with Gasteiger partial charge in [0.1, 0.15) is 0 Å². The molecule has 4 nitrogen and oxygen atoms in total. The maximum Gasteiger partial charge on any atom is 0.309 e. The molecule has 0 unspecified atom stereocenters. The SMILES string of the molecule is CC(=O)N1CCC(CCF)(C(=O)O)CC1. The minimum atomic E-state index is -0.958. The second-order valence-corrected chi connectivity index (χ2v) is 4.03. The van der Waals surface area contributed by atoms with Crippen molar-refractivity contribution in [1.82, 2.24) is 4.90 Å². The van der Waals surface area contributed by atoms with E-state index in [-0.39, 0.29) is 12.3 Å². The van der Waals surface area contributed by atoms with Crippen LogP contribution in [0.4, 0.5) is 4.39 Å². The van der Waals surface area contributed by atoms with Crippen LogP contribution in [-0.4, -0.2) is 41.6 Å². The zero-order chi connectivity index (χ0) is 11.5. The summed E-state index contributed by atoms with van der Waals surface area (Å²) in [6.45, 7) is 1.68. The van der Waals surface area contributed by atoms with Gasteiger partial charge in [0.2, 0.25) is 5.91 Å². The average molecular weight is 217 g/mol. The highest BCUT2D eigenvalue weighted by molar-refractivity contribution is 5.76. The molecule has 0 radical (unpaired) electrons. The quantitative estimate of drug-likeness (QED) is 0.769. The number of halogens is 1. The van der Waals surface area contributed by atoms with Crippen LogP contribution in [0.15, 0.2) is 0 Å². The molecule has 1 rings (SSSR count). The number of hydrogen-bond acceptors (Lipinski definition) is 2. The Hall–Kier alpha value is -1.13. The minimum absolute atomic E-state index is 0.0470. The minimum Gasteiger partial charge on any atom is -0.481 e. The first kappa shape index (κ1) is 11.9. The molecular formula is C10H16FNO3. The normalized spacial score (nSPS) is 20.0. The van der Waals surface area contributed by atoms with Crippen LogP contribution in [0, 0.1) is 5.41 Å². The smallest absolute Gasteiger partial charge is 0.309 e. The largest absolute Gasteiger partial charge is 0.481 e. The van der Waals surface area contributed by atoms with Crippen LogP contribution in [0.3, 0.4) is 0 Å². The van der Waals surface area contributed by atoms with Crippen LogP contribution < -0.4 is 0 Å². The first-order valence-electron chi connectivity index (χ1n) is 5.07. The second kappa shape index (κ2) is 4.59. The molecule has 0 aromatic carbocycles. The lowest BCUT2D eigenvalue weighted by Crippen LogP contribution is -2.46. The summed E-state index contributed by atoms with van der Waals surface area (Å²) in [5.74, 6) is -0.988. The molecule has 0 aromatic rings. The van der Waals surface area contributed by atoms with E-state index in [2.05, 4.69) is 0 Å². The first-order valence-corrected chi connectivity index (χ1v) is 5.07. The number of amides is 1. The van der Waals surface area contributed by atoms with Crippen LogP contribution >= 0.6 is 0 Å². The van der Waals surface area contributed by atoms with Gasteiger partial charge in [-0.25, -0.2) is 0 Å². The van der Waals surface area contributed by atoms with E-state index >= 15 is 0 Å². The summed E-state index contributed by atoms with van der Waals surface area (Å²) < 4.78 is 12.3. The molecule has 1 fully saturated rings. The summed E-state index contributed by atoms with van der Waals surface area (Å²) >= 11 is 0. The molecule has 0 aromatic heterocycles. The van der Waals surface area contributed by atoms with E-state index in [1.54, 1.807) is 4.90 Å². The fourth-order valence-corrected chi connectivity index (χ4v) is 2.00. The van der Waals surface area contributed by atoms with Crippen molar-refractivity contribution in [2.45, 2.75) is 26.2 Å². The highest BCUT2D eigenvalue weighted by Crippen LogP contribution is 2.35. The molecule has 1 N–H and O–H groups in total. The molecular weight excluding hydrogens is 201 g/mol. The van der Waals surface area contributed by atoms with Gasteiger partial charge >= 0.3 is 5.97 Å². The van der Waals surface area contributed by atoms with Crippen LogP contribution in [0.2, 0.25) is 0 Å². The van der Waals surface area contributed by atoms with Crippen molar-refractivity contribution in [2.24, 2.45) is 5.41 Å². The van der Waals surface area contributed by atoms with Crippen LogP contribution in [0.1, 0.15) is 26.2 Å². The third kappa shape index (κ3) is 2.46. The standard InChI is InChI=1S/C10H16FNO3/c1-8(13)12-6-3-10(2-5-11,4-7-12)9(14)15/h2-7H2,1H3,(H,14,15).